The van der Waals surface area contributed by atoms with E-state index in [1.165, 1.54) is 37.8 Å². The first-order chi connectivity index (χ1) is 15.9. The Morgan fingerprint density at radius 2 is 1.88 bits per heavy atom. The summed E-state index contributed by atoms with van der Waals surface area (Å²) < 4.78 is 6.07. The molecular weight excluding hydrogens is 460 g/mol. The molecule has 0 radical (unpaired) electrons. The van der Waals surface area contributed by atoms with Gasteiger partial charge in [0.25, 0.3) is 11.1 Å². The maximum Gasteiger partial charge on any atom is 0.332 e. The summed E-state index contributed by atoms with van der Waals surface area (Å²) in [6, 6.07) is 0. The van der Waals surface area contributed by atoms with Crippen LogP contribution in [0.4, 0.5) is 0 Å². The first-order valence-corrected chi connectivity index (χ1v) is 13.0. The summed E-state index contributed by atoms with van der Waals surface area (Å²) in [4.78, 5) is 49.9. The van der Waals surface area contributed by atoms with E-state index >= 15 is 0 Å². The Balaban J connectivity index is 1.39. The molecule has 0 saturated carbocycles. The molecule has 4 heterocycles. The monoisotopic (exact) mass is 486 g/mol. The molecule has 0 unspecified atom stereocenters. The summed E-state index contributed by atoms with van der Waals surface area (Å²) >= 11 is 3.16. The predicted octanol–water partition coefficient (Wildman–Crippen LogP) is 2.29. The van der Waals surface area contributed by atoms with Crippen LogP contribution in [0.15, 0.2) is 25.9 Å². The third-order valence-electron chi connectivity index (χ3n) is 6.31. The lowest BCUT2D eigenvalue weighted by Gasteiger charge is -2.12. The quantitative estimate of drug-likeness (QED) is 0.236. The average Bonchev–Trinajstić information content (AvgIpc) is 3.37. The van der Waals surface area contributed by atoms with E-state index in [2.05, 4.69) is 4.98 Å². The third kappa shape index (κ3) is 3.57. The molecule has 11 heteroatoms. The number of aryl methyl sites for hydroxylation is 4. The van der Waals surface area contributed by atoms with Crippen LogP contribution < -0.4 is 16.8 Å². The lowest BCUT2D eigenvalue weighted by atomic mass is 9.97. The van der Waals surface area contributed by atoms with Crippen LogP contribution in [-0.4, -0.2) is 34.0 Å². The van der Waals surface area contributed by atoms with E-state index < -0.39 is 0 Å². The van der Waals surface area contributed by atoms with E-state index in [-0.39, 0.29) is 16.8 Å². The highest BCUT2D eigenvalue weighted by atomic mass is 32.2. The number of nitrogens with zero attached hydrogens (tertiary/aromatic N) is 6. The lowest BCUT2D eigenvalue weighted by Crippen LogP contribution is -2.39. The van der Waals surface area contributed by atoms with E-state index in [0.717, 1.165) is 29.5 Å². The molecule has 0 saturated heterocycles. The standard InChI is InChI=1S/C22H26N6O3S2/c1-4-27-19(29)15-13-8-5-6-9-14(13)33-18(15)24-21(27)32-11-7-10-28-20(30)16-17(23-12-25(16)2)26(3)22(28)31/h12H,4-11H2,1-3H3. The predicted molar refractivity (Wildman–Crippen MR) is 132 cm³/mol. The maximum absolute atomic E-state index is 13.2. The Morgan fingerprint density at radius 1 is 1.09 bits per heavy atom. The normalized spacial score (nSPS) is 13.8. The molecule has 0 amide bonds. The fourth-order valence-corrected chi connectivity index (χ4v) is 6.88. The summed E-state index contributed by atoms with van der Waals surface area (Å²) in [5, 5.41) is 1.51. The molecule has 0 N–H and O–H groups in total. The molecule has 0 bridgehead atoms. The van der Waals surface area contributed by atoms with E-state index in [1.807, 2.05) is 6.92 Å². The van der Waals surface area contributed by atoms with Crippen molar-refractivity contribution in [1.82, 2.24) is 28.2 Å². The van der Waals surface area contributed by atoms with E-state index in [4.69, 9.17) is 4.98 Å². The van der Waals surface area contributed by atoms with Crippen LogP contribution in [0.1, 0.15) is 36.6 Å². The molecule has 0 aliphatic heterocycles. The molecule has 1 aliphatic carbocycles. The van der Waals surface area contributed by atoms with Crippen LogP contribution in [0.25, 0.3) is 21.4 Å². The third-order valence-corrected chi connectivity index (χ3v) is 8.56. The minimum atomic E-state index is -0.370. The van der Waals surface area contributed by atoms with Gasteiger partial charge < -0.3 is 4.57 Å². The van der Waals surface area contributed by atoms with Gasteiger partial charge in [-0.1, -0.05) is 11.8 Å². The van der Waals surface area contributed by atoms with Crippen LogP contribution >= 0.6 is 23.1 Å². The van der Waals surface area contributed by atoms with Gasteiger partial charge >= 0.3 is 5.69 Å². The first-order valence-electron chi connectivity index (χ1n) is 11.2. The van der Waals surface area contributed by atoms with Crippen molar-refractivity contribution in [3.63, 3.8) is 0 Å². The Kier molecular flexibility index (Phi) is 5.77. The summed E-state index contributed by atoms with van der Waals surface area (Å²) in [7, 11) is 3.37. The Hall–Kier alpha value is -2.66. The van der Waals surface area contributed by atoms with Crippen molar-refractivity contribution in [3.8, 4) is 0 Å². The van der Waals surface area contributed by atoms with Gasteiger partial charge in [-0.25, -0.2) is 14.8 Å². The Morgan fingerprint density at radius 3 is 2.67 bits per heavy atom. The van der Waals surface area contributed by atoms with E-state index in [0.29, 0.717) is 41.6 Å². The number of hydrogen-bond acceptors (Lipinski definition) is 7. The second kappa shape index (κ2) is 8.60. The van der Waals surface area contributed by atoms with Gasteiger partial charge in [-0.15, -0.1) is 11.3 Å². The smallest absolute Gasteiger partial charge is 0.328 e. The zero-order valence-electron chi connectivity index (χ0n) is 19.0. The number of rotatable bonds is 6. The summed E-state index contributed by atoms with van der Waals surface area (Å²) in [6.07, 6.45) is 6.45. The zero-order chi connectivity index (χ0) is 23.3. The van der Waals surface area contributed by atoms with E-state index in [9.17, 15) is 14.4 Å². The molecule has 0 spiro atoms. The second-order valence-corrected chi connectivity index (χ2v) is 10.5. The van der Waals surface area contributed by atoms with Crippen molar-refractivity contribution in [2.45, 2.75) is 57.3 Å². The Bertz CT molecular complexity index is 1560. The van der Waals surface area contributed by atoms with Gasteiger partial charge in [0, 0.05) is 37.8 Å². The molecular formula is C22H26N6O3S2. The van der Waals surface area contributed by atoms with Gasteiger partial charge in [-0.2, -0.15) is 0 Å². The van der Waals surface area contributed by atoms with Crippen molar-refractivity contribution in [2.75, 3.05) is 5.75 Å². The highest BCUT2D eigenvalue weighted by Gasteiger charge is 2.22. The van der Waals surface area contributed by atoms with Crippen LogP contribution in [0, 0.1) is 0 Å². The fourth-order valence-electron chi connectivity index (χ4n) is 4.59. The number of fused-ring (bicyclic) bond motifs is 4. The fraction of sp³-hybridized carbons (Fsp3) is 0.500. The van der Waals surface area contributed by atoms with Gasteiger partial charge in [-0.3, -0.25) is 23.3 Å². The van der Waals surface area contributed by atoms with Crippen molar-refractivity contribution in [2.24, 2.45) is 14.1 Å². The second-order valence-electron chi connectivity index (χ2n) is 8.36. The average molecular weight is 487 g/mol. The van der Waals surface area contributed by atoms with Gasteiger partial charge in [0.2, 0.25) is 0 Å². The highest BCUT2D eigenvalue weighted by molar-refractivity contribution is 7.99. The SMILES string of the molecule is CCn1c(SCCCn2c(=O)c3c(ncn3C)n(C)c2=O)nc2sc3c(c2c1=O)CCCC3. The number of aromatic nitrogens is 6. The molecule has 174 valence electrons. The topological polar surface area (TPSA) is 96.7 Å². The largest absolute Gasteiger partial charge is 0.332 e. The van der Waals surface area contributed by atoms with Crippen molar-refractivity contribution in [1.29, 1.82) is 0 Å². The zero-order valence-corrected chi connectivity index (χ0v) is 20.6. The minimum absolute atomic E-state index is 0.0520. The lowest BCUT2D eigenvalue weighted by molar-refractivity contribution is 0.592. The minimum Gasteiger partial charge on any atom is -0.328 e. The van der Waals surface area contributed by atoms with E-state index in [1.54, 1.807) is 40.9 Å². The molecule has 1 aliphatic rings. The molecule has 9 nitrogen and oxygen atoms in total. The molecule has 4 aromatic heterocycles. The maximum atomic E-state index is 13.2. The molecule has 33 heavy (non-hydrogen) atoms. The molecule has 0 fully saturated rings. The highest BCUT2D eigenvalue weighted by Crippen LogP contribution is 2.34. The molecule has 5 rings (SSSR count). The van der Waals surface area contributed by atoms with Gasteiger partial charge in [-0.05, 0) is 44.6 Å². The summed E-state index contributed by atoms with van der Waals surface area (Å²) in [5.41, 5.74) is 1.37. The van der Waals surface area contributed by atoms with Crippen LogP contribution in [-0.2, 0) is 40.0 Å². The van der Waals surface area contributed by atoms with Crippen molar-refractivity contribution < 1.29 is 0 Å². The molecule has 0 atom stereocenters. The Labute approximate surface area is 197 Å². The van der Waals surface area contributed by atoms with Crippen LogP contribution in [0.2, 0.25) is 0 Å². The number of hydrogen-bond donors (Lipinski definition) is 0. The number of imidazole rings is 1. The first kappa shape index (κ1) is 22.1. The summed E-state index contributed by atoms with van der Waals surface area (Å²) in [6.45, 7) is 2.82. The van der Waals surface area contributed by atoms with Crippen LogP contribution in [0.5, 0.6) is 0 Å². The van der Waals surface area contributed by atoms with Gasteiger partial charge in [0.05, 0.1) is 11.7 Å². The van der Waals surface area contributed by atoms with Crippen molar-refractivity contribution >= 4 is 44.5 Å². The van der Waals surface area contributed by atoms with Gasteiger partial charge in [0.15, 0.2) is 16.3 Å². The summed E-state index contributed by atoms with van der Waals surface area (Å²) in [5.74, 6) is 0.641. The number of thioether (sulfide) groups is 1. The molecule has 4 aromatic rings. The molecule has 0 aromatic carbocycles. The number of thiophene rings is 1. The van der Waals surface area contributed by atoms with Crippen LogP contribution in [0.3, 0.4) is 0 Å². The van der Waals surface area contributed by atoms with Gasteiger partial charge in [0.1, 0.15) is 4.83 Å². The van der Waals surface area contributed by atoms with Crippen molar-refractivity contribution in [3.05, 3.63) is 48.0 Å².